The minimum Gasteiger partial charge on any atom is -0.317 e. The van der Waals surface area contributed by atoms with E-state index in [9.17, 15) is 0 Å². The van der Waals surface area contributed by atoms with Gasteiger partial charge in [0.2, 0.25) is 0 Å². The van der Waals surface area contributed by atoms with Crippen LogP contribution in [0.1, 0.15) is 24.8 Å². The van der Waals surface area contributed by atoms with Gasteiger partial charge in [0, 0.05) is 6.04 Å². The maximum absolute atomic E-state index is 3.38. The average Bonchev–Trinajstić information content (AvgIpc) is 2.76. The van der Waals surface area contributed by atoms with Crippen LogP contribution < -0.4 is 5.32 Å². The van der Waals surface area contributed by atoms with E-state index >= 15 is 0 Å². The zero-order valence-electron chi connectivity index (χ0n) is 8.12. The van der Waals surface area contributed by atoms with Crippen molar-refractivity contribution in [1.82, 2.24) is 5.32 Å². The predicted octanol–water partition coefficient (Wildman–Crippen LogP) is 2.68. The first-order chi connectivity index (χ1) is 6.38. The van der Waals surface area contributed by atoms with Crippen LogP contribution in [0.5, 0.6) is 0 Å². The van der Waals surface area contributed by atoms with Crippen molar-refractivity contribution in [1.29, 1.82) is 0 Å². The highest BCUT2D eigenvalue weighted by Crippen LogP contribution is 2.28. The van der Waals surface area contributed by atoms with Gasteiger partial charge in [-0.15, -0.1) is 0 Å². The summed E-state index contributed by atoms with van der Waals surface area (Å²) in [5, 5.41) is 7.84. The fourth-order valence-corrected chi connectivity index (χ4v) is 2.95. The van der Waals surface area contributed by atoms with Crippen molar-refractivity contribution in [3.05, 3.63) is 22.4 Å². The second-order valence-electron chi connectivity index (χ2n) is 4.00. The van der Waals surface area contributed by atoms with E-state index < -0.39 is 0 Å². The highest BCUT2D eigenvalue weighted by Gasteiger charge is 2.23. The highest BCUT2D eigenvalue weighted by molar-refractivity contribution is 7.07. The van der Waals surface area contributed by atoms with E-state index in [2.05, 4.69) is 29.2 Å². The zero-order chi connectivity index (χ0) is 9.10. The van der Waals surface area contributed by atoms with Gasteiger partial charge in [-0.25, -0.2) is 0 Å². The molecular formula is C11H17NS. The molecule has 72 valence electrons. The first-order valence-electron chi connectivity index (χ1n) is 5.07. The van der Waals surface area contributed by atoms with Crippen molar-refractivity contribution < 1.29 is 0 Å². The van der Waals surface area contributed by atoms with Crippen LogP contribution in [-0.2, 0) is 6.42 Å². The molecule has 0 aliphatic heterocycles. The SMILES string of the molecule is CNC1CCC(Cc2ccsc2)C1. The van der Waals surface area contributed by atoms with Gasteiger partial charge in [0.1, 0.15) is 0 Å². The lowest BCUT2D eigenvalue weighted by molar-refractivity contribution is 0.510. The third-order valence-electron chi connectivity index (χ3n) is 3.05. The minimum absolute atomic E-state index is 0.781. The summed E-state index contributed by atoms with van der Waals surface area (Å²) in [6.07, 6.45) is 5.43. The van der Waals surface area contributed by atoms with Crippen molar-refractivity contribution in [3.8, 4) is 0 Å². The van der Waals surface area contributed by atoms with E-state index in [-0.39, 0.29) is 0 Å². The van der Waals surface area contributed by atoms with Gasteiger partial charge in [0.15, 0.2) is 0 Å². The normalized spacial score (nSPS) is 28.1. The fraction of sp³-hybridized carbons (Fsp3) is 0.636. The molecule has 0 bridgehead atoms. The zero-order valence-corrected chi connectivity index (χ0v) is 8.94. The third-order valence-corrected chi connectivity index (χ3v) is 3.79. The van der Waals surface area contributed by atoms with Crippen molar-refractivity contribution in [2.45, 2.75) is 31.7 Å². The van der Waals surface area contributed by atoms with Gasteiger partial charge in [0.25, 0.3) is 0 Å². The van der Waals surface area contributed by atoms with Crippen LogP contribution in [0.2, 0.25) is 0 Å². The summed E-state index contributed by atoms with van der Waals surface area (Å²) in [6, 6.07) is 3.04. The Labute approximate surface area is 84.2 Å². The number of hydrogen-bond donors (Lipinski definition) is 1. The van der Waals surface area contributed by atoms with Crippen LogP contribution in [-0.4, -0.2) is 13.1 Å². The summed E-state index contributed by atoms with van der Waals surface area (Å²) in [7, 11) is 2.08. The number of thiophene rings is 1. The Balaban J connectivity index is 1.84. The molecule has 1 aromatic rings. The van der Waals surface area contributed by atoms with Gasteiger partial charge in [0.05, 0.1) is 0 Å². The van der Waals surface area contributed by atoms with Gasteiger partial charge >= 0.3 is 0 Å². The topological polar surface area (TPSA) is 12.0 Å². The van der Waals surface area contributed by atoms with Crippen molar-refractivity contribution >= 4 is 11.3 Å². The maximum atomic E-state index is 3.38. The first-order valence-corrected chi connectivity index (χ1v) is 6.01. The molecule has 1 fully saturated rings. The molecule has 2 rings (SSSR count). The van der Waals surface area contributed by atoms with Crippen LogP contribution in [0.4, 0.5) is 0 Å². The van der Waals surface area contributed by atoms with E-state index in [1.54, 1.807) is 0 Å². The smallest absolute Gasteiger partial charge is 0.00669 e. The predicted molar refractivity (Wildman–Crippen MR) is 58.2 cm³/mol. The van der Waals surface area contributed by atoms with E-state index in [1.807, 2.05) is 11.3 Å². The molecule has 0 aromatic carbocycles. The molecule has 2 heteroatoms. The highest BCUT2D eigenvalue weighted by atomic mass is 32.1. The summed E-state index contributed by atoms with van der Waals surface area (Å²) in [5.41, 5.74) is 1.53. The van der Waals surface area contributed by atoms with E-state index in [0.29, 0.717) is 0 Å². The van der Waals surface area contributed by atoms with Crippen LogP contribution in [0, 0.1) is 5.92 Å². The molecule has 1 nitrogen and oxygen atoms in total. The molecule has 1 heterocycles. The summed E-state index contributed by atoms with van der Waals surface area (Å²) in [6.45, 7) is 0. The fourth-order valence-electron chi connectivity index (χ4n) is 2.26. The number of hydrogen-bond acceptors (Lipinski definition) is 2. The van der Waals surface area contributed by atoms with Gasteiger partial charge in [-0.3, -0.25) is 0 Å². The molecule has 0 amide bonds. The van der Waals surface area contributed by atoms with Crippen molar-refractivity contribution in [2.24, 2.45) is 5.92 Å². The van der Waals surface area contributed by atoms with Crippen LogP contribution >= 0.6 is 11.3 Å². The Morgan fingerprint density at radius 3 is 3.08 bits per heavy atom. The molecule has 1 aromatic heterocycles. The first kappa shape index (κ1) is 9.22. The molecule has 2 unspecified atom stereocenters. The van der Waals surface area contributed by atoms with Gasteiger partial charge in [-0.1, -0.05) is 0 Å². The summed E-state index contributed by atoms with van der Waals surface area (Å²) >= 11 is 1.81. The minimum atomic E-state index is 0.781. The Morgan fingerprint density at radius 2 is 2.46 bits per heavy atom. The largest absolute Gasteiger partial charge is 0.317 e. The second-order valence-corrected chi connectivity index (χ2v) is 4.78. The lowest BCUT2D eigenvalue weighted by Gasteiger charge is -2.09. The quantitative estimate of drug-likeness (QED) is 0.782. The molecule has 0 radical (unpaired) electrons. The second kappa shape index (κ2) is 4.25. The molecule has 2 atom stereocenters. The molecule has 1 saturated carbocycles. The summed E-state index contributed by atoms with van der Waals surface area (Å²) in [5.74, 6) is 0.923. The van der Waals surface area contributed by atoms with Gasteiger partial charge in [-0.2, -0.15) is 11.3 Å². The molecule has 1 N–H and O–H groups in total. The van der Waals surface area contributed by atoms with Gasteiger partial charge < -0.3 is 5.32 Å². The van der Waals surface area contributed by atoms with Crippen LogP contribution in [0.25, 0.3) is 0 Å². The van der Waals surface area contributed by atoms with E-state index in [1.165, 1.54) is 31.2 Å². The Morgan fingerprint density at radius 1 is 1.54 bits per heavy atom. The van der Waals surface area contributed by atoms with E-state index in [4.69, 9.17) is 0 Å². The molecule has 13 heavy (non-hydrogen) atoms. The molecule has 1 aliphatic rings. The third kappa shape index (κ3) is 2.32. The molecule has 1 aliphatic carbocycles. The lowest BCUT2D eigenvalue weighted by Crippen LogP contribution is -2.21. The Bertz CT molecular complexity index is 243. The average molecular weight is 195 g/mol. The molecular weight excluding hydrogens is 178 g/mol. The Hall–Kier alpha value is -0.340. The lowest BCUT2D eigenvalue weighted by atomic mass is 10.00. The van der Waals surface area contributed by atoms with Crippen molar-refractivity contribution in [2.75, 3.05) is 7.05 Å². The molecule has 0 spiro atoms. The summed E-state index contributed by atoms with van der Waals surface area (Å²) < 4.78 is 0. The number of rotatable bonds is 3. The maximum Gasteiger partial charge on any atom is 0.00669 e. The van der Waals surface area contributed by atoms with E-state index in [0.717, 1.165) is 12.0 Å². The Kier molecular flexibility index (Phi) is 3.01. The van der Waals surface area contributed by atoms with Crippen molar-refractivity contribution in [3.63, 3.8) is 0 Å². The molecule has 0 saturated heterocycles. The number of nitrogens with one attached hydrogen (secondary N) is 1. The standard InChI is InChI=1S/C11H17NS/c1-12-11-3-2-9(7-11)6-10-4-5-13-8-10/h4-5,8-9,11-12H,2-3,6-7H2,1H3. The summed E-state index contributed by atoms with van der Waals surface area (Å²) in [4.78, 5) is 0. The van der Waals surface area contributed by atoms with Crippen LogP contribution in [0.3, 0.4) is 0 Å². The van der Waals surface area contributed by atoms with Gasteiger partial charge in [-0.05, 0) is 61.0 Å². The monoisotopic (exact) mass is 195 g/mol. The van der Waals surface area contributed by atoms with Crippen LogP contribution in [0.15, 0.2) is 16.8 Å².